The van der Waals surface area contributed by atoms with Gasteiger partial charge in [0.1, 0.15) is 5.54 Å². The first kappa shape index (κ1) is 17.9. The van der Waals surface area contributed by atoms with Gasteiger partial charge in [-0.25, -0.2) is 4.79 Å². The lowest BCUT2D eigenvalue weighted by molar-refractivity contribution is -0.125. The Morgan fingerprint density at radius 1 is 1.06 bits per heavy atom. The number of hydrogen-bond donors (Lipinski definition) is 3. The van der Waals surface area contributed by atoms with Crippen LogP contribution in [0.4, 0.5) is 10.5 Å². The SMILES string of the molecule is CN1C(=O)NC(=O)C12Cc1cc3ccc(CNc4ccc5cn[nH]c5c4)nc3cc1C2. The third-order valence-electron chi connectivity index (χ3n) is 6.54. The number of benzene rings is 2. The summed E-state index contributed by atoms with van der Waals surface area (Å²) >= 11 is 0. The smallest absolute Gasteiger partial charge is 0.324 e. The number of urea groups is 1. The minimum Gasteiger partial charge on any atom is -0.379 e. The second-order valence-electron chi connectivity index (χ2n) is 8.35. The fourth-order valence-electron chi connectivity index (χ4n) is 4.71. The van der Waals surface area contributed by atoms with Gasteiger partial charge in [0.15, 0.2) is 0 Å². The van der Waals surface area contributed by atoms with Crippen molar-refractivity contribution in [1.29, 1.82) is 0 Å². The van der Waals surface area contributed by atoms with Crippen LogP contribution in [0.25, 0.3) is 21.8 Å². The molecule has 1 fully saturated rings. The van der Waals surface area contributed by atoms with Gasteiger partial charge in [0.25, 0.3) is 5.91 Å². The predicted octanol–water partition coefficient (Wildman–Crippen LogP) is 2.74. The van der Waals surface area contributed by atoms with E-state index in [1.807, 2.05) is 24.3 Å². The first-order valence-electron chi connectivity index (χ1n) is 10.2. The maximum atomic E-state index is 12.5. The first-order valence-corrected chi connectivity index (χ1v) is 10.2. The molecule has 1 aliphatic heterocycles. The summed E-state index contributed by atoms with van der Waals surface area (Å²) in [4.78, 5) is 30.9. The number of likely N-dealkylation sites (N-methyl/N-ethyl adjacent to an activating group) is 1. The van der Waals surface area contributed by atoms with Gasteiger partial charge in [0, 0.05) is 36.3 Å². The van der Waals surface area contributed by atoms with Crippen molar-refractivity contribution in [2.24, 2.45) is 0 Å². The highest BCUT2D eigenvalue weighted by Gasteiger charge is 2.54. The lowest BCUT2D eigenvalue weighted by Crippen LogP contribution is -2.48. The molecule has 8 nitrogen and oxygen atoms in total. The third-order valence-corrected chi connectivity index (χ3v) is 6.54. The maximum absolute atomic E-state index is 12.5. The van der Waals surface area contributed by atoms with Crippen LogP contribution in [0.1, 0.15) is 16.8 Å². The Kier molecular flexibility index (Phi) is 3.62. The van der Waals surface area contributed by atoms with Gasteiger partial charge in [-0.3, -0.25) is 20.2 Å². The molecule has 1 atom stereocenters. The van der Waals surface area contributed by atoms with E-state index in [0.29, 0.717) is 19.4 Å². The summed E-state index contributed by atoms with van der Waals surface area (Å²) in [7, 11) is 1.69. The van der Waals surface area contributed by atoms with Crippen molar-refractivity contribution in [3.8, 4) is 0 Å². The Labute approximate surface area is 177 Å². The molecule has 2 aromatic carbocycles. The highest BCUT2D eigenvalue weighted by molar-refractivity contribution is 6.07. The van der Waals surface area contributed by atoms with E-state index in [-0.39, 0.29) is 11.9 Å². The number of imide groups is 1. The minimum atomic E-state index is -0.813. The molecule has 4 aromatic rings. The third kappa shape index (κ3) is 2.68. The van der Waals surface area contributed by atoms with Crippen molar-refractivity contribution in [2.45, 2.75) is 24.9 Å². The second kappa shape index (κ2) is 6.28. The maximum Gasteiger partial charge on any atom is 0.324 e. The molecule has 1 unspecified atom stereocenters. The molecule has 8 heteroatoms. The van der Waals surface area contributed by atoms with Crippen molar-refractivity contribution < 1.29 is 9.59 Å². The van der Waals surface area contributed by atoms with Crippen molar-refractivity contribution in [1.82, 2.24) is 25.4 Å². The van der Waals surface area contributed by atoms with Gasteiger partial charge in [-0.2, -0.15) is 5.10 Å². The molecule has 31 heavy (non-hydrogen) atoms. The average Bonchev–Trinajstić information content (AvgIpc) is 3.43. The normalized spacial score (nSPS) is 20.1. The van der Waals surface area contributed by atoms with Crippen LogP contribution in [0.15, 0.2) is 48.7 Å². The van der Waals surface area contributed by atoms with Crippen LogP contribution in [0.5, 0.6) is 0 Å². The second-order valence-corrected chi connectivity index (χ2v) is 8.35. The molecule has 1 aliphatic carbocycles. The zero-order chi connectivity index (χ0) is 21.2. The molecular weight excluding hydrogens is 392 g/mol. The monoisotopic (exact) mass is 412 g/mol. The largest absolute Gasteiger partial charge is 0.379 e. The molecule has 2 aliphatic rings. The number of carbonyl (C=O) groups excluding carboxylic acids is 2. The lowest BCUT2D eigenvalue weighted by Gasteiger charge is -2.27. The Morgan fingerprint density at radius 3 is 2.68 bits per heavy atom. The highest BCUT2D eigenvalue weighted by Crippen LogP contribution is 2.38. The Hall–Kier alpha value is -3.94. The van der Waals surface area contributed by atoms with Crippen molar-refractivity contribution >= 4 is 39.4 Å². The number of hydrogen-bond acceptors (Lipinski definition) is 5. The standard InChI is InChI=1S/C23H20N6O2/c1-29-22(31)27-21(30)23(29)9-15-6-13-2-5-18(26-19(13)7-16(15)10-23)12-24-17-4-3-14-11-25-28-20(14)8-17/h2-8,11,24H,9-10,12H2,1H3,(H,25,28)(H,27,30,31). The fraction of sp³-hybridized carbons (Fsp3) is 0.217. The first-order chi connectivity index (χ1) is 15.0. The number of pyridine rings is 1. The number of amides is 3. The van der Waals surface area contributed by atoms with Crippen molar-refractivity contribution in [3.05, 3.63) is 65.5 Å². The number of aromatic amines is 1. The van der Waals surface area contributed by atoms with Gasteiger partial charge in [-0.1, -0.05) is 6.07 Å². The summed E-state index contributed by atoms with van der Waals surface area (Å²) in [6.45, 7) is 0.594. The zero-order valence-electron chi connectivity index (χ0n) is 16.9. The van der Waals surface area contributed by atoms with Crippen LogP contribution in [-0.4, -0.2) is 44.6 Å². The van der Waals surface area contributed by atoms with Crippen LogP contribution in [0.3, 0.4) is 0 Å². The summed E-state index contributed by atoms with van der Waals surface area (Å²) in [6, 6.07) is 14.0. The topological polar surface area (TPSA) is 103 Å². The number of fused-ring (bicyclic) bond motifs is 3. The van der Waals surface area contributed by atoms with E-state index < -0.39 is 5.54 Å². The number of carbonyl (C=O) groups is 2. The van der Waals surface area contributed by atoms with E-state index >= 15 is 0 Å². The summed E-state index contributed by atoms with van der Waals surface area (Å²) in [6.07, 6.45) is 2.85. The zero-order valence-corrected chi connectivity index (χ0v) is 16.9. The molecule has 1 spiro atoms. The van der Waals surface area contributed by atoms with E-state index in [1.165, 1.54) is 0 Å². The molecule has 3 heterocycles. The number of aromatic nitrogens is 3. The summed E-state index contributed by atoms with van der Waals surface area (Å²) in [5.74, 6) is -0.215. The van der Waals surface area contributed by atoms with Gasteiger partial charge in [-0.05, 0) is 47.5 Å². The molecule has 154 valence electrons. The summed E-state index contributed by atoms with van der Waals surface area (Å²) in [5, 5.41) is 15.0. The number of anilines is 1. The van der Waals surface area contributed by atoms with Gasteiger partial charge in [-0.15, -0.1) is 0 Å². The van der Waals surface area contributed by atoms with Crippen LogP contribution in [-0.2, 0) is 24.2 Å². The van der Waals surface area contributed by atoms with E-state index in [9.17, 15) is 9.59 Å². The molecule has 0 radical (unpaired) electrons. The predicted molar refractivity (Wildman–Crippen MR) is 117 cm³/mol. The molecule has 0 saturated carbocycles. The Bertz CT molecular complexity index is 1390. The van der Waals surface area contributed by atoms with Gasteiger partial charge in [0.05, 0.1) is 29.5 Å². The van der Waals surface area contributed by atoms with Gasteiger partial charge in [0.2, 0.25) is 0 Å². The number of nitrogens with one attached hydrogen (secondary N) is 3. The molecule has 3 N–H and O–H groups in total. The number of H-pyrrole nitrogens is 1. The molecule has 3 amide bonds. The quantitative estimate of drug-likeness (QED) is 0.449. The Morgan fingerprint density at radius 2 is 1.87 bits per heavy atom. The average molecular weight is 412 g/mol. The molecule has 2 aromatic heterocycles. The van der Waals surface area contributed by atoms with Crippen LogP contribution < -0.4 is 10.6 Å². The molecule has 6 rings (SSSR count). The van der Waals surface area contributed by atoms with Crippen LogP contribution in [0, 0.1) is 0 Å². The van der Waals surface area contributed by atoms with Gasteiger partial charge < -0.3 is 10.2 Å². The molecule has 1 saturated heterocycles. The highest BCUT2D eigenvalue weighted by atomic mass is 16.2. The molecule has 0 bridgehead atoms. The van der Waals surface area contributed by atoms with Crippen molar-refractivity contribution in [3.63, 3.8) is 0 Å². The van der Waals surface area contributed by atoms with E-state index in [1.54, 1.807) is 18.1 Å². The van der Waals surface area contributed by atoms with E-state index in [4.69, 9.17) is 4.98 Å². The minimum absolute atomic E-state index is 0.215. The van der Waals surface area contributed by atoms with E-state index in [2.05, 4.69) is 39.0 Å². The summed E-state index contributed by atoms with van der Waals surface area (Å²) < 4.78 is 0. The summed E-state index contributed by atoms with van der Waals surface area (Å²) in [5.41, 5.74) is 5.17. The van der Waals surface area contributed by atoms with Crippen molar-refractivity contribution in [2.75, 3.05) is 12.4 Å². The Balaban J connectivity index is 1.27. The molecular formula is C23H20N6O2. The number of nitrogens with zero attached hydrogens (tertiary/aromatic N) is 3. The van der Waals surface area contributed by atoms with Crippen LogP contribution in [0.2, 0.25) is 0 Å². The number of rotatable bonds is 3. The van der Waals surface area contributed by atoms with E-state index in [0.717, 1.165) is 44.3 Å². The fourth-order valence-corrected chi connectivity index (χ4v) is 4.71. The lowest BCUT2D eigenvalue weighted by atomic mass is 9.95. The van der Waals surface area contributed by atoms with Gasteiger partial charge >= 0.3 is 6.03 Å². The van der Waals surface area contributed by atoms with Crippen LogP contribution >= 0.6 is 0 Å².